The first-order valence-electron chi connectivity index (χ1n) is 24.8. The summed E-state index contributed by atoms with van der Waals surface area (Å²) >= 11 is 0. The van der Waals surface area contributed by atoms with E-state index < -0.39 is 20.0 Å². The fourth-order valence-electron chi connectivity index (χ4n) is 6.81. The second-order valence-electron chi connectivity index (χ2n) is 17.8. The molecule has 0 aliphatic heterocycles. The van der Waals surface area contributed by atoms with Gasteiger partial charge >= 0.3 is 7.82 Å². The second kappa shape index (κ2) is 43.2. The van der Waals surface area contributed by atoms with E-state index in [1.807, 2.05) is 21.1 Å². The van der Waals surface area contributed by atoms with Crippen molar-refractivity contribution >= 4 is 13.7 Å². The third-order valence-corrected chi connectivity index (χ3v) is 11.7. The number of likely N-dealkylation sites (N-methyl/N-ethyl adjacent to an activating group) is 1. The van der Waals surface area contributed by atoms with E-state index in [1.54, 1.807) is 0 Å². The number of aliphatic hydroxyl groups is 1. The van der Waals surface area contributed by atoms with Gasteiger partial charge in [-0.25, -0.2) is 4.57 Å². The van der Waals surface area contributed by atoms with Crippen LogP contribution in [0.2, 0.25) is 0 Å². The molecule has 0 aromatic heterocycles. The molecule has 0 radical (unpaired) electrons. The zero-order valence-corrected chi connectivity index (χ0v) is 41.0. The van der Waals surface area contributed by atoms with Gasteiger partial charge in [0.15, 0.2) is 0 Å². The molecule has 0 spiro atoms. The lowest BCUT2D eigenvalue weighted by Crippen LogP contribution is -2.46. The Hall–Kier alpha value is -2.06. The number of aliphatic hydroxyl groups excluding tert-OH is 1. The molecule has 0 aromatic rings. The molecule has 3 atom stereocenters. The molecule has 0 aromatic carbocycles. The Balaban J connectivity index is 3.92. The summed E-state index contributed by atoms with van der Waals surface area (Å²) in [6.07, 6.45) is 58.4. The summed E-state index contributed by atoms with van der Waals surface area (Å²) in [6, 6.07) is -0.760. The van der Waals surface area contributed by atoms with Crippen LogP contribution in [0.5, 0.6) is 0 Å². The van der Waals surface area contributed by atoms with E-state index in [2.05, 4.69) is 92.1 Å². The molecule has 3 N–H and O–H groups in total. The minimum atomic E-state index is -4.30. The molecule has 354 valence electrons. The zero-order valence-electron chi connectivity index (χ0n) is 40.1. The zero-order chi connectivity index (χ0) is 45.0. The van der Waals surface area contributed by atoms with Gasteiger partial charge in [-0.1, -0.05) is 202 Å². The molecule has 1 amide bonds. The van der Waals surface area contributed by atoms with Crippen molar-refractivity contribution in [2.75, 3.05) is 40.9 Å². The topological polar surface area (TPSA) is 105 Å². The molecule has 8 nitrogen and oxygen atoms in total. The number of phosphoric ester groups is 1. The molecular formula is C52H96N2O6P+. The number of nitrogens with one attached hydrogen (secondary N) is 1. The van der Waals surface area contributed by atoms with Gasteiger partial charge in [-0.05, 0) is 64.2 Å². The molecular weight excluding hydrogens is 780 g/mol. The number of hydrogen-bond acceptors (Lipinski definition) is 5. The fraction of sp³-hybridized carbons (Fsp3) is 0.750. The number of carbonyl (C=O) groups is 1. The van der Waals surface area contributed by atoms with Crippen molar-refractivity contribution in [1.29, 1.82) is 0 Å². The van der Waals surface area contributed by atoms with Crippen molar-refractivity contribution in [2.45, 2.75) is 212 Å². The molecule has 0 bridgehead atoms. The lowest BCUT2D eigenvalue weighted by Gasteiger charge is -2.26. The van der Waals surface area contributed by atoms with Crippen LogP contribution in [0.15, 0.2) is 72.9 Å². The predicted octanol–water partition coefficient (Wildman–Crippen LogP) is 14.4. The standard InChI is InChI=1S/C52H95N2O6P/c1-6-8-10-12-14-15-16-17-18-19-20-21-22-23-24-25-26-27-28-29-30-31-32-33-34-35-36-37-38-39-40-42-44-46-52(56)53-50(51(55)45-43-41-13-11-9-7-2)49-60-61(57,58)59-48-47-54(3,4)5/h8,10,14-15,17-18,20-21,23-24,26-27,50-51,55H,6-7,9,11-13,16,19,22,25,28-49H2,1-5H3,(H-,53,56,57,58)/p+1/b10-8-,15-14-,18-17-,21-20-,24-23-,27-26-. The van der Waals surface area contributed by atoms with Crippen LogP contribution in [0.4, 0.5) is 0 Å². The van der Waals surface area contributed by atoms with Crippen molar-refractivity contribution in [2.24, 2.45) is 0 Å². The molecule has 0 saturated carbocycles. The predicted molar refractivity (Wildman–Crippen MR) is 263 cm³/mol. The Morgan fingerprint density at radius 3 is 1.44 bits per heavy atom. The number of phosphoric acid groups is 1. The van der Waals surface area contributed by atoms with E-state index in [4.69, 9.17) is 9.05 Å². The Bertz CT molecular complexity index is 1220. The molecule has 61 heavy (non-hydrogen) atoms. The average Bonchev–Trinajstić information content (AvgIpc) is 3.21. The van der Waals surface area contributed by atoms with Gasteiger partial charge in [-0.2, -0.15) is 0 Å². The molecule has 0 saturated heterocycles. The van der Waals surface area contributed by atoms with Crippen molar-refractivity contribution in [3.63, 3.8) is 0 Å². The Labute approximate surface area is 376 Å². The second-order valence-corrected chi connectivity index (χ2v) is 19.3. The van der Waals surface area contributed by atoms with Gasteiger partial charge < -0.3 is 19.8 Å². The summed E-state index contributed by atoms with van der Waals surface area (Å²) in [6.45, 7) is 4.69. The van der Waals surface area contributed by atoms with Crippen molar-refractivity contribution < 1.29 is 32.9 Å². The third-order valence-electron chi connectivity index (χ3n) is 10.7. The summed E-state index contributed by atoms with van der Waals surface area (Å²) in [4.78, 5) is 23.0. The molecule has 0 fully saturated rings. The van der Waals surface area contributed by atoms with Crippen LogP contribution < -0.4 is 5.32 Å². The van der Waals surface area contributed by atoms with Crippen LogP contribution in [0.1, 0.15) is 200 Å². The van der Waals surface area contributed by atoms with Crippen LogP contribution in [-0.4, -0.2) is 73.4 Å². The molecule has 0 aliphatic rings. The number of allylic oxidation sites excluding steroid dienone is 12. The molecule has 0 rings (SSSR count). The Morgan fingerprint density at radius 1 is 0.574 bits per heavy atom. The Kier molecular flexibility index (Phi) is 41.7. The number of amides is 1. The first-order chi connectivity index (χ1) is 29.5. The largest absolute Gasteiger partial charge is 0.472 e. The van der Waals surface area contributed by atoms with Gasteiger partial charge in [-0.15, -0.1) is 0 Å². The summed E-state index contributed by atoms with van der Waals surface area (Å²) in [5.41, 5.74) is 0. The van der Waals surface area contributed by atoms with Gasteiger partial charge in [0.1, 0.15) is 13.2 Å². The summed E-state index contributed by atoms with van der Waals surface area (Å²) in [5.74, 6) is -0.154. The molecule has 0 aliphatic carbocycles. The van der Waals surface area contributed by atoms with Crippen molar-refractivity contribution in [3.05, 3.63) is 72.9 Å². The van der Waals surface area contributed by atoms with Gasteiger partial charge in [0, 0.05) is 6.42 Å². The minimum absolute atomic E-state index is 0.0718. The van der Waals surface area contributed by atoms with Crippen LogP contribution >= 0.6 is 7.82 Å². The molecule has 3 unspecified atom stereocenters. The van der Waals surface area contributed by atoms with Crippen LogP contribution in [-0.2, 0) is 18.4 Å². The highest BCUT2D eigenvalue weighted by Gasteiger charge is 2.28. The maximum absolute atomic E-state index is 12.8. The van der Waals surface area contributed by atoms with E-state index in [9.17, 15) is 19.4 Å². The fourth-order valence-corrected chi connectivity index (χ4v) is 7.55. The van der Waals surface area contributed by atoms with E-state index in [-0.39, 0.29) is 19.1 Å². The van der Waals surface area contributed by atoms with Crippen LogP contribution in [0.25, 0.3) is 0 Å². The monoisotopic (exact) mass is 876 g/mol. The maximum atomic E-state index is 12.8. The highest BCUT2D eigenvalue weighted by atomic mass is 31.2. The lowest BCUT2D eigenvalue weighted by molar-refractivity contribution is -0.870. The number of hydrogen-bond donors (Lipinski definition) is 3. The number of carbonyl (C=O) groups excluding carboxylic acids is 1. The van der Waals surface area contributed by atoms with Gasteiger partial charge in [0.05, 0.1) is 39.9 Å². The van der Waals surface area contributed by atoms with Gasteiger partial charge in [-0.3, -0.25) is 13.8 Å². The van der Waals surface area contributed by atoms with Crippen LogP contribution in [0.3, 0.4) is 0 Å². The first-order valence-corrected chi connectivity index (χ1v) is 26.3. The SMILES string of the molecule is CC/C=C\C/C=C\C/C=C\C/C=C\C/C=C\C/C=C\CCCCCCCCCCCCCCCCC(=O)NC(COP(=O)(O)OCC[N+](C)(C)C)C(O)CCCCCCCC. The van der Waals surface area contributed by atoms with Crippen LogP contribution in [0, 0.1) is 0 Å². The highest BCUT2D eigenvalue weighted by Crippen LogP contribution is 2.43. The van der Waals surface area contributed by atoms with E-state index in [0.717, 1.165) is 77.0 Å². The number of nitrogens with zero attached hydrogens (tertiary/aromatic N) is 1. The Morgan fingerprint density at radius 2 is 0.984 bits per heavy atom. The lowest BCUT2D eigenvalue weighted by atomic mass is 10.0. The molecule has 9 heteroatoms. The van der Waals surface area contributed by atoms with Gasteiger partial charge in [0.25, 0.3) is 0 Å². The van der Waals surface area contributed by atoms with Gasteiger partial charge in [0.2, 0.25) is 5.91 Å². The third kappa shape index (κ3) is 45.8. The number of rotatable bonds is 44. The average molecular weight is 876 g/mol. The summed E-state index contributed by atoms with van der Waals surface area (Å²) in [5, 5.41) is 13.8. The van der Waals surface area contributed by atoms with E-state index >= 15 is 0 Å². The van der Waals surface area contributed by atoms with E-state index in [0.29, 0.717) is 23.9 Å². The van der Waals surface area contributed by atoms with Crippen molar-refractivity contribution in [1.82, 2.24) is 5.32 Å². The summed E-state index contributed by atoms with van der Waals surface area (Å²) in [7, 11) is 1.60. The highest BCUT2D eigenvalue weighted by molar-refractivity contribution is 7.47. The minimum Gasteiger partial charge on any atom is -0.391 e. The van der Waals surface area contributed by atoms with E-state index in [1.165, 1.54) is 96.3 Å². The normalized spacial score (nSPS) is 14.8. The quantitative estimate of drug-likeness (QED) is 0.0244. The smallest absolute Gasteiger partial charge is 0.391 e. The van der Waals surface area contributed by atoms with Crippen molar-refractivity contribution in [3.8, 4) is 0 Å². The first kappa shape index (κ1) is 58.9. The number of unbranched alkanes of at least 4 members (excludes halogenated alkanes) is 19. The molecule has 0 heterocycles. The number of quaternary nitrogens is 1. The maximum Gasteiger partial charge on any atom is 0.472 e. The summed E-state index contributed by atoms with van der Waals surface area (Å²) < 4.78 is 23.5.